The molecule has 33 heavy (non-hydrogen) atoms. The highest BCUT2D eigenvalue weighted by molar-refractivity contribution is 5.32. The second-order valence-corrected chi connectivity index (χ2v) is 9.39. The van der Waals surface area contributed by atoms with Gasteiger partial charge in [0.15, 0.2) is 6.29 Å². The van der Waals surface area contributed by atoms with Crippen LogP contribution in [0.2, 0.25) is 0 Å². The summed E-state index contributed by atoms with van der Waals surface area (Å²) in [5.41, 5.74) is 1.54. The molecule has 0 heterocycles. The standard InChI is InChI=1S/C29H49NO3/c1-3-4-5-6-7-8-9-10-11-12-13-14-15-16-17-18-22-32-29(31)26(2)33-25-28-21-19-20-27(23-28)24-30/h19-21,23,26,29,31H,3-18,22,25H2,1-2H3/t26-,29-/m0/s1. The fourth-order valence-electron chi connectivity index (χ4n) is 4.03. The van der Waals surface area contributed by atoms with Crippen molar-refractivity contribution >= 4 is 0 Å². The zero-order valence-electron chi connectivity index (χ0n) is 21.4. The molecular formula is C29H49NO3. The Morgan fingerprint density at radius 3 is 1.82 bits per heavy atom. The first kappa shape index (κ1) is 29.6. The zero-order chi connectivity index (χ0) is 24.0. The van der Waals surface area contributed by atoms with Gasteiger partial charge in [-0.1, -0.05) is 115 Å². The third-order valence-corrected chi connectivity index (χ3v) is 6.26. The molecule has 0 aliphatic carbocycles. The van der Waals surface area contributed by atoms with E-state index in [1.54, 1.807) is 12.1 Å². The number of rotatable bonds is 22. The summed E-state index contributed by atoms with van der Waals surface area (Å²) in [5, 5.41) is 19.1. The van der Waals surface area contributed by atoms with Crippen LogP contribution in [-0.2, 0) is 16.1 Å². The van der Waals surface area contributed by atoms with Gasteiger partial charge < -0.3 is 14.6 Å². The van der Waals surface area contributed by atoms with Crippen LogP contribution in [0.3, 0.4) is 0 Å². The SMILES string of the molecule is CCCCCCCCCCCCCCCCCCO[C@H](O)[C@H](C)OCc1cccc(C#N)c1. The van der Waals surface area contributed by atoms with Crippen LogP contribution in [0, 0.1) is 11.3 Å². The number of aliphatic hydroxyl groups excluding tert-OH is 1. The minimum absolute atomic E-state index is 0.357. The summed E-state index contributed by atoms with van der Waals surface area (Å²) in [5.74, 6) is 0. The van der Waals surface area contributed by atoms with Gasteiger partial charge in [-0.15, -0.1) is 0 Å². The summed E-state index contributed by atoms with van der Waals surface area (Å²) in [7, 11) is 0. The molecule has 0 aliphatic heterocycles. The van der Waals surface area contributed by atoms with Crippen LogP contribution in [0.5, 0.6) is 0 Å². The van der Waals surface area contributed by atoms with Crippen molar-refractivity contribution in [2.45, 2.75) is 136 Å². The Bertz CT molecular complexity index is 613. The maximum atomic E-state index is 10.1. The normalized spacial score (nSPS) is 13.0. The molecule has 4 nitrogen and oxygen atoms in total. The van der Waals surface area contributed by atoms with Crippen molar-refractivity contribution in [1.29, 1.82) is 5.26 Å². The summed E-state index contributed by atoms with van der Waals surface area (Å²) in [6.07, 6.45) is 20.2. The van der Waals surface area contributed by atoms with Crippen LogP contribution < -0.4 is 0 Å². The summed E-state index contributed by atoms with van der Waals surface area (Å²) < 4.78 is 11.2. The lowest BCUT2D eigenvalue weighted by atomic mass is 10.0. The van der Waals surface area contributed by atoms with Crippen LogP contribution in [0.25, 0.3) is 0 Å². The molecule has 0 unspecified atom stereocenters. The van der Waals surface area contributed by atoms with Crippen molar-refractivity contribution in [3.05, 3.63) is 35.4 Å². The number of ether oxygens (including phenoxy) is 2. The predicted molar refractivity (Wildman–Crippen MR) is 137 cm³/mol. The third-order valence-electron chi connectivity index (χ3n) is 6.26. The maximum absolute atomic E-state index is 10.1. The van der Waals surface area contributed by atoms with E-state index < -0.39 is 12.4 Å². The van der Waals surface area contributed by atoms with E-state index in [0.29, 0.717) is 18.8 Å². The van der Waals surface area contributed by atoms with Gasteiger partial charge in [-0.2, -0.15) is 5.26 Å². The minimum atomic E-state index is -0.916. The average molecular weight is 460 g/mol. The highest BCUT2D eigenvalue weighted by Crippen LogP contribution is 2.14. The van der Waals surface area contributed by atoms with Gasteiger partial charge in [0.2, 0.25) is 0 Å². The summed E-state index contributed by atoms with van der Waals surface area (Å²) in [4.78, 5) is 0. The third kappa shape index (κ3) is 16.8. The highest BCUT2D eigenvalue weighted by atomic mass is 16.6. The fraction of sp³-hybridized carbons (Fsp3) is 0.759. The molecule has 0 aromatic heterocycles. The van der Waals surface area contributed by atoms with Crippen LogP contribution in [-0.4, -0.2) is 24.1 Å². The monoisotopic (exact) mass is 459 g/mol. The van der Waals surface area contributed by atoms with Gasteiger partial charge in [0.05, 0.1) is 18.2 Å². The molecule has 0 radical (unpaired) electrons. The van der Waals surface area contributed by atoms with E-state index in [1.165, 1.54) is 89.9 Å². The number of aliphatic hydroxyl groups is 1. The van der Waals surface area contributed by atoms with Crippen molar-refractivity contribution < 1.29 is 14.6 Å². The van der Waals surface area contributed by atoms with Gasteiger partial charge >= 0.3 is 0 Å². The Labute approximate surface area is 203 Å². The molecule has 0 saturated heterocycles. The number of unbranched alkanes of at least 4 members (excludes halogenated alkanes) is 15. The molecule has 1 rings (SSSR count). The second kappa shape index (κ2) is 21.1. The van der Waals surface area contributed by atoms with Gasteiger partial charge in [0, 0.05) is 6.61 Å². The molecule has 0 bridgehead atoms. The smallest absolute Gasteiger partial charge is 0.180 e. The lowest BCUT2D eigenvalue weighted by Crippen LogP contribution is -2.29. The topological polar surface area (TPSA) is 62.5 Å². The second-order valence-electron chi connectivity index (χ2n) is 9.39. The minimum Gasteiger partial charge on any atom is -0.369 e. The Morgan fingerprint density at radius 1 is 0.788 bits per heavy atom. The first-order valence-electron chi connectivity index (χ1n) is 13.6. The Hall–Kier alpha value is -1.41. The van der Waals surface area contributed by atoms with Crippen molar-refractivity contribution in [2.75, 3.05) is 6.61 Å². The number of hydrogen-bond acceptors (Lipinski definition) is 4. The lowest BCUT2D eigenvalue weighted by molar-refractivity contribution is -0.176. The van der Waals surface area contributed by atoms with Crippen LogP contribution >= 0.6 is 0 Å². The van der Waals surface area contributed by atoms with E-state index >= 15 is 0 Å². The van der Waals surface area contributed by atoms with Gasteiger partial charge in [-0.3, -0.25) is 0 Å². The van der Waals surface area contributed by atoms with Gasteiger partial charge in [0.1, 0.15) is 6.10 Å². The van der Waals surface area contributed by atoms with E-state index in [9.17, 15) is 5.11 Å². The van der Waals surface area contributed by atoms with Crippen molar-refractivity contribution in [1.82, 2.24) is 0 Å². The Kier molecular flexibility index (Phi) is 19.0. The molecule has 4 heteroatoms. The Morgan fingerprint density at radius 2 is 1.30 bits per heavy atom. The van der Waals surface area contributed by atoms with Crippen LogP contribution in [0.15, 0.2) is 24.3 Å². The van der Waals surface area contributed by atoms with Gasteiger partial charge in [-0.05, 0) is 31.0 Å². The number of nitrogens with zero attached hydrogens (tertiary/aromatic N) is 1. The van der Waals surface area contributed by atoms with Gasteiger partial charge in [-0.25, -0.2) is 0 Å². The van der Waals surface area contributed by atoms with Crippen LogP contribution in [0.4, 0.5) is 0 Å². The molecule has 1 aromatic rings. The van der Waals surface area contributed by atoms with Crippen molar-refractivity contribution in [3.63, 3.8) is 0 Å². The molecule has 2 atom stereocenters. The molecule has 0 saturated carbocycles. The molecular weight excluding hydrogens is 410 g/mol. The van der Waals surface area contributed by atoms with Crippen LogP contribution in [0.1, 0.15) is 128 Å². The quantitative estimate of drug-likeness (QED) is 0.141. The summed E-state index contributed by atoms with van der Waals surface area (Å²) in [6, 6.07) is 9.44. The molecule has 188 valence electrons. The van der Waals surface area contributed by atoms with E-state index in [-0.39, 0.29) is 0 Å². The lowest BCUT2D eigenvalue weighted by Gasteiger charge is -2.20. The summed E-state index contributed by atoms with van der Waals surface area (Å²) in [6.45, 7) is 5.01. The van der Waals surface area contributed by atoms with Crippen molar-refractivity contribution in [3.8, 4) is 6.07 Å². The Balaban J connectivity index is 1.86. The fourth-order valence-corrected chi connectivity index (χ4v) is 4.03. The van der Waals surface area contributed by atoms with Crippen molar-refractivity contribution in [2.24, 2.45) is 0 Å². The molecule has 0 spiro atoms. The number of hydrogen-bond donors (Lipinski definition) is 1. The van der Waals surface area contributed by atoms with E-state index in [2.05, 4.69) is 13.0 Å². The largest absolute Gasteiger partial charge is 0.369 e. The first-order valence-corrected chi connectivity index (χ1v) is 13.6. The number of nitriles is 1. The molecule has 1 aromatic carbocycles. The predicted octanol–water partition coefficient (Wildman–Crippen LogP) is 8.06. The first-order chi connectivity index (χ1) is 16.2. The van der Waals surface area contributed by atoms with Gasteiger partial charge in [0.25, 0.3) is 0 Å². The molecule has 0 amide bonds. The summed E-state index contributed by atoms with van der Waals surface area (Å²) >= 11 is 0. The average Bonchev–Trinajstić information content (AvgIpc) is 2.84. The maximum Gasteiger partial charge on any atom is 0.180 e. The van der Waals surface area contributed by atoms with E-state index in [0.717, 1.165) is 18.4 Å². The van der Waals surface area contributed by atoms with E-state index in [4.69, 9.17) is 14.7 Å². The number of benzene rings is 1. The zero-order valence-corrected chi connectivity index (χ0v) is 21.4. The molecule has 1 N–H and O–H groups in total. The molecule has 0 fully saturated rings. The highest BCUT2D eigenvalue weighted by Gasteiger charge is 2.15. The van der Waals surface area contributed by atoms with E-state index in [1.807, 2.05) is 19.1 Å². The molecule has 0 aliphatic rings.